The van der Waals surface area contributed by atoms with Gasteiger partial charge in [0.2, 0.25) is 0 Å². The summed E-state index contributed by atoms with van der Waals surface area (Å²) >= 11 is 0. The fraction of sp³-hybridized carbons (Fsp3) is 0.375. The summed E-state index contributed by atoms with van der Waals surface area (Å²) in [6, 6.07) is 7.68. The van der Waals surface area contributed by atoms with Crippen LogP contribution >= 0.6 is 0 Å². The molecule has 0 spiro atoms. The number of amides is 1. The van der Waals surface area contributed by atoms with E-state index in [0.29, 0.717) is 35.8 Å². The van der Waals surface area contributed by atoms with E-state index >= 15 is 0 Å². The van der Waals surface area contributed by atoms with Crippen LogP contribution in [0.15, 0.2) is 48.3 Å². The number of aliphatic hydroxyl groups excluding tert-OH is 1. The fourth-order valence-electron chi connectivity index (χ4n) is 3.61. The van der Waals surface area contributed by atoms with Gasteiger partial charge in [-0.1, -0.05) is 13.0 Å². The lowest BCUT2D eigenvalue weighted by Crippen LogP contribution is -2.32. The first-order chi connectivity index (χ1) is 15.5. The molecule has 1 fully saturated rings. The van der Waals surface area contributed by atoms with Gasteiger partial charge in [0.05, 0.1) is 31.4 Å². The van der Waals surface area contributed by atoms with E-state index in [0.717, 1.165) is 6.42 Å². The molecule has 0 radical (unpaired) electrons. The van der Waals surface area contributed by atoms with Crippen LogP contribution in [-0.4, -0.2) is 60.2 Å². The first-order valence-corrected chi connectivity index (χ1v) is 10.6. The highest BCUT2D eigenvalue weighted by Crippen LogP contribution is 2.41. The van der Waals surface area contributed by atoms with Crippen LogP contribution in [0.3, 0.4) is 0 Å². The van der Waals surface area contributed by atoms with Crippen LogP contribution in [0.2, 0.25) is 0 Å². The summed E-state index contributed by atoms with van der Waals surface area (Å²) in [6.07, 6.45) is 3.87. The number of aromatic nitrogens is 1. The van der Waals surface area contributed by atoms with E-state index < -0.39 is 17.7 Å². The topological polar surface area (TPSA) is 98.2 Å². The molecule has 1 unspecified atom stereocenters. The Kier molecular flexibility index (Phi) is 7.83. The van der Waals surface area contributed by atoms with Crippen LogP contribution in [0, 0.1) is 0 Å². The van der Waals surface area contributed by atoms with Crippen LogP contribution < -0.4 is 9.47 Å². The zero-order chi connectivity index (χ0) is 23.1. The van der Waals surface area contributed by atoms with E-state index in [-0.39, 0.29) is 24.5 Å². The summed E-state index contributed by atoms with van der Waals surface area (Å²) in [6.45, 7) is 5.27. The molecule has 0 aliphatic carbocycles. The van der Waals surface area contributed by atoms with Gasteiger partial charge >= 0.3 is 0 Å². The van der Waals surface area contributed by atoms with Gasteiger partial charge in [-0.05, 0) is 43.2 Å². The molecular formula is C24H28N2O6. The van der Waals surface area contributed by atoms with Crippen molar-refractivity contribution in [3.8, 4) is 11.5 Å². The predicted octanol–water partition coefficient (Wildman–Crippen LogP) is 3.34. The molecule has 1 aromatic heterocycles. The number of hydrogen-bond acceptors (Lipinski definition) is 7. The number of hydrogen-bond donors (Lipinski definition) is 1. The standard InChI is InChI=1S/C24H28N2O6/c1-4-13-32-18-7-6-17(15-19(18)31-5-2)21-20(22(27)16-8-10-25-11-9-16)23(28)24(29)26(21)12-14-30-3/h6-11,15,21,27H,4-5,12-14H2,1-3H3/b22-20+. The molecule has 8 nitrogen and oxygen atoms in total. The van der Waals surface area contributed by atoms with Crippen molar-refractivity contribution in [1.29, 1.82) is 0 Å². The van der Waals surface area contributed by atoms with Crippen LogP contribution in [-0.2, 0) is 14.3 Å². The Balaban J connectivity index is 2.14. The van der Waals surface area contributed by atoms with Crippen LogP contribution in [0.4, 0.5) is 0 Å². The third kappa shape index (κ3) is 4.75. The minimum atomic E-state index is -0.794. The number of pyridine rings is 1. The predicted molar refractivity (Wildman–Crippen MR) is 119 cm³/mol. The number of carbonyl (C=O) groups is 2. The Morgan fingerprint density at radius 1 is 1.06 bits per heavy atom. The maximum absolute atomic E-state index is 13.0. The molecule has 1 atom stereocenters. The molecule has 1 aromatic carbocycles. The number of Topliss-reactive ketones (excluding diaryl/α,β-unsaturated/α-hetero) is 1. The van der Waals surface area contributed by atoms with Crippen molar-refractivity contribution >= 4 is 17.4 Å². The van der Waals surface area contributed by atoms with Gasteiger partial charge in [0.25, 0.3) is 11.7 Å². The average molecular weight is 440 g/mol. The van der Waals surface area contributed by atoms with E-state index in [1.54, 1.807) is 30.3 Å². The van der Waals surface area contributed by atoms with Crippen molar-refractivity contribution < 1.29 is 28.9 Å². The lowest BCUT2D eigenvalue weighted by molar-refractivity contribution is -0.140. The molecule has 0 saturated carbocycles. The molecule has 1 amide bonds. The average Bonchev–Trinajstić information content (AvgIpc) is 3.07. The maximum atomic E-state index is 13.0. The normalized spacial score (nSPS) is 17.6. The number of ketones is 1. The van der Waals surface area contributed by atoms with Crippen molar-refractivity contribution in [3.63, 3.8) is 0 Å². The van der Waals surface area contributed by atoms with Crippen molar-refractivity contribution in [2.45, 2.75) is 26.3 Å². The van der Waals surface area contributed by atoms with Crippen LogP contribution in [0.25, 0.3) is 5.76 Å². The molecule has 2 aromatic rings. The Morgan fingerprint density at radius 2 is 1.81 bits per heavy atom. The van der Waals surface area contributed by atoms with Gasteiger partial charge in [-0.3, -0.25) is 14.6 Å². The summed E-state index contributed by atoms with van der Waals surface area (Å²) in [5.41, 5.74) is 1.05. The highest BCUT2D eigenvalue weighted by atomic mass is 16.5. The third-order valence-corrected chi connectivity index (χ3v) is 5.08. The fourth-order valence-corrected chi connectivity index (χ4v) is 3.61. The SMILES string of the molecule is CCCOc1ccc(C2/C(=C(\O)c3ccncc3)C(=O)C(=O)N2CCOC)cc1OCC. The second kappa shape index (κ2) is 10.8. The molecule has 1 N–H and O–H groups in total. The molecule has 32 heavy (non-hydrogen) atoms. The molecule has 1 aliphatic heterocycles. The first kappa shape index (κ1) is 23.3. The van der Waals surface area contributed by atoms with Crippen LogP contribution in [0.1, 0.15) is 37.4 Å². The van der Waals surface area contributed by atoms with Crippen LogP contribution in [0.5, 0.6) is 11.5 Å². The van der Waals surface area contributed by atoms with Crippen molar-refractivity contribution in [3.05, 3.63) is 59.4 Å². The molecule has 170 valence electrons. The quantitative estimate of drug-likeness (QED) is 0.344. The van der Waals surface area contributed by atoms with Gasteiger partial charge in [0.1, 0.15) is 5.76 Å². The van der Waals surface area contributed by atoms with Gasteiger partial charge in [0.15, 0.2) is 11.5 Å². The summed E-state index contributed by atoms with van der Waals surface area (Å²) in [5.74, 6) is -0.586. The number of nitrogens with zero attached hydrogens (tertiary/aromatic N) is 2. The molecule has 1 saturated heterocycles. The second-order valence-corrected chi connectivity index (χ2v) is 7.21. The summed E-state index contributed by atoms with van der Waals surface area (Å²) in [7, 11) is 1.52. The minimum Gasteiger partial charge on any atom is -0.507 e. The lowest BCUT2D eigenvalue weighted by Gasteiger charge is -2.26. The second-order valence-electron chi connectivity index (χ2n) is 7.21. The zero-order valence-corrected chi connectivity index (χ0v) is 18.5. The molecule has 1 aliphatic rings. The Labute approximate surface area is 187 Å². The Bertz CT molecular complexity index is 989. The number of rotatable bonds is 10. The summed E-state index contributed by atoms with van der Waals surface area (Å²) < 4.78 is 16.7. The van der Waals surface area contributed by atoms with E-state index in [4.69, 9.17) is 14.2 Å². The lowest BCUT2D eigenvalue weighted by atomic mass is 9.95. The largest absolute Gasteiger partial charge is 0.507 e. The van der Waals surface area contributed by atoms with Crippen molar-refractivity contribution in [1.82, 2.24) is 9.88 Å². The van der Waals surface area contributed by atoms with E-state index in [1.165, 1.54) is 24.4 Å². The van der Waals surface area contributed by atoms with Gasteiger partial charge in [0, 0.05) is 31.6 Å². The highest BCUT2D eigenvalue weighted by molar-refractivity contribution is 6.46. The molecular weight excluding hydrogens is 412 g/mol. The van der Waals surface area contributed by atoms with E-state index in [2.05, 4.69) is 4.98 Å². The number of likely N-dealkylation sites (tertiary alicyclic amines) is 1. The zero-order valence-electron chi connectivity index (χ0n) is 18.5. The molecule has 3 rings (SSSR count). The van der Waals surface area contributed by atoms with E-state index in [9.17, 15) is 14.7 Å². The molecule has 2 heterocycles. The van der Waals surface area contributed by atoms with Crippen molar-refractivity contribution in [2.75, 3.05) is 33.5 Å². The minimum absolute atomic E-state index is 0.0157. The summed E-state index contributed by atoms with van der Waals surface area (Å²) in [5, 5.41) is 11.0. The molecule has 0 bridgehead atoms. The van der Waals surface area contributed by atoms with E-state index in [1.807, 2.05) is 13.8 Å². The van der Waals surface area contributed by atoms with Gasteiger partial charge < -0.3 is 24.2 Å². The number of ether oxygens (including phenoxy) is 3. The third-order valence-electron chi connectivity index (χ3n) is 5.08. The Morgan fingerprint density at radius 3 is 2.47 bits per heavy atom. The Hall–Kier alpha value is -3.39. The van der Waals surface area contributed by atoms with Gasteiger partial charge in [-0.2, -0.15) is 0 Å². The molecule has 8 heteroatoms. The number of benzene rings is 1. The van der Waals surface area contributed by atoms with Gasteiger partial charge in [-0.25, -0.2) is 0 Å². The first-order valence-electron chi connectivity index (χ1n) is 10.6. The monoisotopic (exact) mass is 440 g/mol. The smallest absolute Gasteiger partial charge is 0.295 e. The number of methoxy groups -OCH3 is 1. The number of carbonyl (C=O) groups excluding carboxylic acids is 2. The summed E-state index contributed by atoms with van der Waals surface area (Å²) in [4.78, 5) is 31.2. The highest BCUT2D eigenvalue weighted by Gasteiger charge is 2.46. The van der Waals surface area contributed by atoms with Crippen molar-refractivity contribution in [2.24, 2.45) is 0 Å². The number of aliphatic hydroxyl groups is 1. The van der Waals surface area contributed by atoms with Gasteiger partial charge in [-0.15, -0.1) is 0 Å². The maximum Gasteiger partial charge on any atom is 0.295 e.